The zero-order valence-electron chi connectivity index (χ0n) is 10.2. The van der Waals surface area contributed by atoms with E-state index >= 15 is 0 Å². The Balaban J connectivity index is 2.71. The van der Waals surface area contributed by atoms with Crippen LogP contribution < -0.4 is 5.56 Å². The molecule has 0 spiro atoms. The molecule has 1 aromatic heterocycles. The maximum Gasteiger partial charge on any atom is 0.264 e. The second kappa shape index (κ2) is 5.22. The van der Waals surface area contributed by atoms with E-state index in [0.717, 1.165) is 5.56 Å². The van der Waals surface area contributed by atoms with Crippen LogP contribution in [0.3, 0.4) is 0 Å². The summed E-state index contributed by atoms with van der Waals surface area (Å²) in [6.45, 7) is 4.25. The summed E-state index contributed by atoms with van der Waals surface area (Å²) >= 11 is 2.00. The zero-order valence-corrected chi connectivity index (χ0v) is 12.4. The normalized spacial score (nSPS) is 10.7. The number of nitrogens with zero attached hydrogens (tertiary/aromatic N) is 1. The van der Waals surface area contributed by atoms with Crippen molar-refractivity contribution in [3.8, 4) is 11.3 Å². The SMILES string of the molecule is CCn1c(-c2ccc(C)cc2F)ccc(I)c1=O. The lowest BCUT2D eigenvalue weighted by molar-refractivity contribution is 0.625. The lowest BCUT2D eigenvalue weighted by Crippen LogP contribution is -2.23. The third-order valence-corrected chi connectivity index (χ3v) is 3.67. The van der Waals surface area contributed by atoms with Crippen molar-refractivity contribution >= 4 is 22.6 Å². The van der Waals surface area contributed by atoms with Gasteiger partial charge in [0.2, 0.25) is 0 Å². The van der Waals surface area contributed by atoms with E-state index in [9.17, 15) is 9.18 Å². The van der Waals surface area contributed by atoms with Crippen LogP contribution in [0, 0.1) is 16.3 Å². The van der Waals surface area contributed by atoms with Crippen molar-refractivity contribution in [1.29, 1.82) is 0 Å². The predicted molar refractivity (Wildman–Crippen MR) is 79.2 cm³/mol. The number of halogens is 2. The second-order valence-electron chi connectivity index (χ2n) is 4.10. The van der Waals surface area contributed by atoms with E-state index in [2.05, 4.69) is 0 Å². The van der Waals surface area contributed by atoms with Crippen molar-refractivity contribution in [3.63, 3.8) is 0 Å². The maximum absolute atomic E-state index is 14.0. The van der Waals surface area contributed by atoms with Gasteiger partial charge in [-0.05, 0) is 66.3 Å². The molecule has 18 heavy (non-hydrogen) atoms. The molecule has 0 radical (unpaired) electrons. The van der Waals surface area contributed by atoms with E-state index in [4.69, 9.17) is 0 Å². The average Bonchev–Trinajstić information content (AvgIpc) is 2.33. The van der Waals surface area contributed by atoms with Crippen LogP contribution in [0.1, 0.15) is 12.5 Å². The predicted octanol–water partition coefficient (Wildman–Crippen LogP) is 3.59. The largest absolute Gasteiger partial charge is 0.308 e. The number of hydrogen-bond donors (Lipinski definition) is 0. The van der Waals surface area contributed by atoms with Gasteiger partial charge in [0.15, 0.2) is 0 Å². The Kier molecular flexibility index (Phi) is 3.85. The van der Waals surface area contributed by atoms with Gasteiger partial charge in [-0.1, -0.05) is 6.07 Å². The Bertz CT molecular complexity index is 649. The first-order valence-electron chi connectivity index (χ1n) is 5.70. The topological polar surface area (TPSA) is 22.0 Å². The molecule has 0 saturated heterocycles. The number of benzene rings is 1. The van der Waals surface area contributed by atoms with Gasteiger partial charge in [-0.3, -0.25) is 4.79 Å². The third-order valence-electron chi connectivity index (χ3n) is 2.84. The molecule has 0 N–H and O–H groups in total. The maximum atomic E-state index is 14.0. The van der Waals surface area contributed by atoms with Gasteiger partial charge in [0, 0.05) is 12.1 Å². The highest BCUT2D eigenvalue weighted by molar-refractivity contribution is 14.1. The van der Waals surface area contributed by atoms with Crippen molar-refractivity contribution in [3.05, 3.63) is 55.6 Å². The van der Waals surface area contributed by atoms with E-state index in [1.807, 2.05) is 42.5 Å². The van der Waals surface area contributed by atoms with Gasteiger partial charge < -0.3 is 4.57 Å². The molecule has 0 atom stereocenters. The van der Waals surface area contributed by atoms with E-state index in [1.54, 1.807) is 22.8 Å². The molecule has 4 heteroatoms. The number of aromatic nitrogens is 1. The Morgan fingerprint density at radius 2 is 2.00 bits per heavy atom. The van der Waals surface area contributed by atoms with Crippen molar-refractivity contribution < 1.29 is 4.39 Å². The highest BCUT2D eigenvalue weighted by Crippen LogP contribution is 2.23. The van der Waals surface area contributed by atoms with Crippen molar-refractivity contribution in [2.45, 2.75) is 20.4 Å². The summed E-state index contributed by atoms with van der Waals surface area (Å²) in [6.07, 6.45) is 0. The van der Waals surface area contributed by atoms with Crippen LogP contribution in [0.15, 0.2) is 35.1 Å². The van der Waals surface area contributed by atoms with Crippen LogP contribution in [0.25, 0.3) is 11.3 Å². The Morgan fingerprint density at radius 1 is 1.28 bits per heavy atom. The van der Waals surface area contributed by atoms with Gasteiger partial charge in [0.05, 0.1) is 9.26 Å². The first kappa shape index (κ1) is 13.3. The Morgan fingerprint density at radius 3 is 2.61 bits per heavy atom. The summed E-state index contributed by atoms with van der Waals surface area (Å²) in [7, 11) is 0. The smallest absolute Gasteiger partial charge is 0.264 e. The highest BCUT2D eigenvalue weighted by Gasteiger charge is 2.11. The zero-order chi connectivity index (χ0) is 13.3. The van der Waals surface area contributed by atoms with Crippen LogP contribution in [-0.4, -0.2) is 4.57 Å². The molecule has 0 fully saturated rings. The fraction of sp³-hybridized carbons (Fsp3) is 0.214. The molecule has 94 valence electrons. The fourth-order valence-electron chi connectivity index (χ4n) is 1.93. The van der Waals surface area contributed by atoms with Gasteiger partial charge in [0.25, 0.3) is 5.56 Å². The summed E-state index contributed by atoms with van der Waals surface area (Å²) in [4.78, 5) is 12.0. The minimum atomic E-state index is -0.294. The van der Waals surface area contributed by atoms with Gasteiger partial charge in [-0.15, -0.1) is 0 Å². The van der Waals surface area contributed by atoms with E-state index < -0.39 is 0 Å². The molecule has 0 unspecified atom stereocenters. The number of rotatable bonds is 2. The van der Waals surface area contributed by atoms with E-state index in [-0.39, 0.29) is 11.4 Å². The molecule has 1 heterocycles. The summed E-state index contributed by atoms with van der Waals surface area (Å²) < 4.78 is 16.2. The summed E-state index contributed by atoms with van der Waals surface area (Å²) in [5.74, 6) is -0.294. The molecular formula is C14H13FINO. The fourth-order valence-corrected chi connectivity index (χ4v) is 2.40. The molecule has 0 aliphatic rings. The quantitative estimate of drug-likeness (QED) is 0.753. The molecule has 0 bridgehead atoms. The summed E-state index contributed by atoms with van der Waals surface area (Å²) in [6, 6.07) is 8.57. The van der Waals surface area contributed by atoms with E-state index in [1.165, 1.54) is 6.07 Å². The molecule has 2 aromatic rings. The number of aryl methyl sites for hydroxylation is 1. The van der Waals surface area contributed by atoms with Gasteiger partial charge in [-0.25, -0.2) is 4.39 Å². The minimum absolute atomic E-state index is 0.0735. The molecule has 0 aliphatic carbocycles. The van der Waals surface area contributed by atoms with Crippen LogP contribution in [0.4, 0.5) is 4.39 Å². The van der Waals surface area contributed by atoms with Crippen LogP contribution in [-0.2, 0) is 6.54 Å². The van der Waals surface area contributed by atoms with Crippen LogP contribution in [0.5, 0.6) is 0 Å². The van der Waals surface area contributed by atoms with Crippen molar-refractivity contribution in [1.82, 2.24) is 4.57 Å². The average molecular weight is 357 g/mol. The first-order chi connectivity index (χ1) is 8.54. The van der Waals surface area contributed by atoms with Crippen molar-refractivity contribution in [2.75, 3.05) is 0 Å². The van der Waals surface area contributed by atoms with Gasteiger partial charge in [-0.2, -0.15) is 0 Å². The Hall–Kier alpha value is -1.17. The lowest BCUT2D eigenvalue weighted by Gasteiger charge is -2.12. The number of hydrogen-bond acceptors (Lipinski definition) is 1. The molecule has 1 aromatic carbocycles. The van der Waals surface area contributed by atoms with Crippen molar-refractivity contribution in [2.24, 2.45) is 0 Å². The first-order valence-corrected chi connectivity index (χ1v) is 6.78. The molecular weight excluding hydrogens is 344 g/mol. The monoisotopic (exact) mass is 357 g/mol. The van der Waals surface area contributed by atoms with E-state index in [0.29, 0.717) is 21.4 Å². The molecule has 2 nitrogen and oxygen atoms in total. The van der Waals surface area contributed by atoms with Crippen LogP contribution in [0.2, 0.25) is 0 Å². The van der Waals surface area contributed by atoms with Crippen LogP contribution >= 0.6 is 22.6 Å². The second-order valence-corrected chi connectivity index (χ2v) is 5.26. The number of pyridine rings is 1. The third kappa shape index (κ3) is 2.34. The minimum Gasteiger partial charge on any atom is -0.308 e. The molecule has 0 aliphatic heterocycles. The lowest BCUT2D eigenvalue weighted by atomic mass is 10.1. The summed E-state index contributed by atoms with van der Waals surface area (Å²) in [5, 5.41) is 0. The molecule has 2 rings (SSSR count). The van der Waals surface area contributed by atoms with Gasteiger partial charge >= 0.3 is 0 Å². The summed E-state index contributed by atoms with van der Waals surface area (Å²) in [5.41, 5.74) is 1.89. The molecule has 0 amide bonds. The molecule has 0 saturated carbocycles. The standard InChI is InChI=1S/C14H13FINO/c1-3-17-13(7-6-12(16)14(17)18)10-5-4-9(2)8-11(10)15/h4-8H,3H2,1-2H3. The highest BCUT2D eigenvalue weighted by atomic mass is 127. The van der Waals surface area contributed by atoms with Gasteiger partial charge in [0.1, 0.15) is 5.82 Å². The Labute approximate surface area is 119 Å².